The Morgan fingerprint density at radius 1 is 1.55 bits per heavy atom. The van der Waals surface area contributed by atoms with Crippen LogP contribution >= 0.6 is 23.3 Å². The molecule has 6 heteroatoms. The van der Waals surface area contributed by atoms with Gasteiger partial charge < -0.3 is 9.47 Å². The maximum Gasteiger partial charge on any atom is 0.265 e. The van der Waals surface area contributed by atoms with Crippen LogP contribution in [0.15, 0.2) is 0 Å². The van der Waals surface area contributed by atoms with Gasteiger partial charge in [0.2, 0.25) is 5.15 Å². The van der Waals surface area contributed by atoms with Gasteiger partial charge in [0, 0.05) is 0 Å². The summed E-state index contributed by atoms with van der Waals surface area (Å²) < 4.78 is 17.8. The molecule has 0 bridgehead atoms. The van der Waals surface area contributed by atoms with Crippen molar-refractivity contribution in [2.45, 2.75) is 6.10 Å². The van der Waals surface area contributed by atoms with E-state index in [0.717, 1.165) is 11.7 Å². The summed E-state index contributed by atoms with van der Waals surface area (Å²) in [6.07, 6.45) is 0.108. The number of rotatable bonds is 2. The van der Waals surface area contributed by atoms with Gasteiger partial charge in [-0.25, -0.2) is 0 Å². The van der Waals surface area contributed by atoms with E-state index in [1.54, 1.807) is 0 Å². The lowest BCUT2D eigenvalue weighted by Crippen LogP contribution is -2.38. The predicted molar refractivity (Wildman–Crippen MR) is 40.2 cm³/mol. The van der Waals surface area contributed by atoms with Crippen LogP contribution in [0.25, 0.3) is 0 Å². The van der Waals surface area contributed by atoms with Crippen molar-refractivity contribution in [1.82, 2.24) is 8.75 Å². The molecule has 60 valence electrons. The van der Waals surface area contributed by atoms with E-state index < -0.39 is 0 Å². The Balaban J connectivity index is 1.99. The van der Waals surface area contributed by atoms with E-state index in [9.17, 15) is 0 Å². The molecule has 0 radical (unpaired) electrons. The van der Waals surface area contributed by atoms with E-state index >= 15 is 0 Å². The molecule has 1 aromatic heterocycles. The second-order valence-electron chi connectivity index (χ2n) is 2.14. The standard InChI is InChI=1S/C5H5ClN2O2S/c6-4-5(8-11-7-4)10-3-1-9-2-3/h3H,1-2H2. The van der Waals surface area contributed by atoms with Crippen LogP contribution in [0.2, 0.25) is 5.15 Å². The van der Waals surface area contributed by atoms with Crippen molar-refractivity contribution < 1.29 is 9.47 Å². The Bertz CT molecular complexity index is 250. The predicted octanol–water partition coefficient (Wildman–Crippen LogP) is 0.969. The maximum absolute atomic E-state index is 5.64. The molecule has 0 spiro atoms. The third-order valence-electron chi connectivity index (χ3n) is 1.31. The number of nitrogens with zero attached hydrogens (tertiary/aromatic N) is 2. The lowest BCUT2D eigenvalue weighted by molar-refractivity contribution is -0.0810. The Hall–Kier alpha value is -0.390. The fourth-order valence-electron chi connectivity index (χ4n) is 0.680. The molecule has 0 aromatic carbocycles. The molecular weight excluding hydrogens is 188 g/mol. The average Bonchev–Trinajstić information content (AvgIpc) is 2.27. The summed E-state index contributed by atoms with van der Waals surface area (Å²) in [7, 11) is 0. The highest BCUT2D eigenvalue weighted by Gasteiger charge is 2.22. The number of hydrogen-bond acceptors (Lipinski definition) is 5. The molecule has 1 saturated heterocycles. The largest absolute Gasteiger partial charge is 0.467 e. The van der Waals surface area contributed by atoms with E-state index in [2.05, 4.69) is 8.75 Å². The summed E-state index contributed by atoms with van der Waals surface area (Å²) in [5, 5.41) is 0.335. The second-order valence-corrected chi connectivity index (χ2v) is 3.02. The summed E-state index contributed by atoms with van der Waals surface area (Å²) in [5.74, 6) is 0.421. The van der Waals surface area contributed by atoms with Crippen LogP contribution < -0.4 is 4.74 Å². The lowest BCUT2D eigenvalue weighted by atomic mass is 10.3. The first-order valence-corrected chi connectivity index (χ1v) is 4.19. The van der Waals surface area contributed by atoms with Crippen LogP contribution in [0.3, 0.4) is 0 Å². The average molecular weight is 193 g/mol. The molecule has 11 heavy (non-hydrogen) atoms. The summed E-state index contributed by atoms with van der Waals surface area (Å²) in [6.45, 7) is 1.24. The molecular formula is C5H5ClN2O2S. The third-order valence-corrected chi connectivity index (χ3v) is 2.17. The quantitative estimate of drug-likeness (QED) is 0.701. The molecule has 0 N–H and O–H groups in total. The molecule has 4 nitrogen and oxygen atoms in total. The summed E-state index contributed by atoms with van der Waals surface area (Å²) in [5.41, 5.74) is 0. The molecule has 2 rings (SSSR count). The number of aromatic nitrogens is 2. The minimum Gasteiger partial charge on any atom is -0.467 e. The van der Waals surface area contributed by atoms with Crippen molar-refractivity contribution in [3.63, 3.8) is 0 Å². The van der Waals surface area contributed by atoms with Crippen molar-refractivity contribution in [3.8, 4) is 5.88 Å². The zero-order chi connectivity index (χ0) is 7.68. The third kappa shape index (κ3) is 1.45. The topological polar surface area (TPSA) is 44.2 Å². The lowest BCUT2D eigenvalue weighted by Gasteiger charge is -2.25. The molecule has 1 fully saturated rings. The van der Waals surface area contributed by atoms with Crippen LogP contribution in [-0.2, 0) is 4.74 Å². The Morgan fingerprint density at radius 2 is 2.36 bits per heavy atom. The molecule has 0 aliphatic carbocycles. The van der Waals surface area contributed by atoms with Gasteiger partial charge in [-0.2, -0.15) is 4.37 Å². The molecule has 1 aromatic rings. The normalized spacial score (nSPS) is 17.9. The minimum absolute atomic E-state index is 0.108. The highest BCUT2D eigenvalue weighted by Crippen LogP contribution is 2.23. The Kier molecular flexibility index (Phi) is 1.93. The maximum atomic E-state index is 5.64. The summed E-state index contributed by atoms with van der Waals surface area (Å²) in [4.78, 5) is 0. The van der Waals surface area contributed by atoms with Crippen LogP contribution in [-0.4, -0.2) is 28.1 Å². The zero-order valence-corrected chi connectivity index (χ0v) is 7.06. The van der Waals surface area contributed by atoms with Crippen molar-refractivity contribution in [1.29, 1.82) is 0 Å². The van der Waals surface area contributed by atoms with Gasteiger partial charge in [0.25, 0.3) is 5.88 Å². The first-order valence-electron chi connectivity index (χ1n) is 3.09. The van der Waals surface area contributed by atoms with Gasteiger partial charge in [0.15, 0.2) is 0 Å². The molecule has 1 aliphatic heterocycles. The van der Waals surface area contributed by atoms with Crippen LogP contribution in [0.1, 0.15) is 0 Å². The molecule has 0 saturated carbocycles. The van der Waals surface area contributed by atoms with Crippen LogP contribution in [0.5, 0.6) is 5.88 Å². The molecule has 1 aliphatic rings. The fourth-order valence-corrected chi connectivity index (χ4v) is 1.30. The van der Waals surface area contributed by atoms with Gasteiger partial charge >= 0.3 is 0 Å². The van der Waals surface area contributed by atoms with Crippen molar-refractivity contribution in [2.24, 2.45) is 0 Å². The summed E-state index contributed by atoms with van der Waals surface area (Å²) >= 11 is 6.68. The van der Waals surface area contributed by atoms with E-state index in [0.29, 0.717) is 24.2 Å². The van der Waals surface area contributed by atoms with Crippen LogP contribution in [0.4, 0.5) is 0 Å². The first kappa shape index (κ1) is 7.27. The SMILES string of the molecule is Clc1nsnc1OC1COC1. The van der Waals surface area contributed by atoms with Crippen LogP contribution in [0, 0.1) is 0 Å². The van der Waals surface area contributed by atoms with Crippen molar-refractivity contribution >= 4 is 23.3 Å². The highest BCUT2D eigenvalue weighted by molar-refractivity contribution is 6.99. The Labute approximate surface area is 72.4 Å². The number of halogens is 1. The molecule has 0 atom stereocenters. The van der Waals surface area contributed by atoms with Gasteiger partial charge in [0.1, 0.15) is 6.10 Å². The fraction of sp³-hybridized carbons (Fsp3) is 0.600. The van der Waals surface area contributed by atoms with Gasteiger partial charge in [-0.1, -0.05) is 11.6 Å². The van der Waals surface area contributed by atoms with Gasteiger partial charge in [-0.15, -0.1) is 4.37 Å². The van der Waals surface area contributed by atoms with Crippen molar-refractivity contribution in [3.05, 3.63) is 5.15 Å². The van der Waals surface area contributed by atoms with E-state index in [1.807, 2.05) is 0 Å². The van der Waals surface area contributed by atoms with E-state index in [-0.39, 0.29) is 6.10 Å². The van der Waals surface area contributed by atoms with Gasteiger partial charge in [-0.05, 0) is 0 Å². The summed E-state index contributed by atoms with van der Waals surface area (Å²) in [6, 6.07) is 0. The molecule has 0 amide bonds. The van der Waals surface area contributed by atoms with Crippen molar-refractivity contribution in [2.75, 3.05) is 13.2 Å². The Morgan fingerprint density at radius 3 is 2.82 bits per heavy atom. The highest BCUT2D eigenvalue weighted by atomic mass is 35.5. The first-order chi connectivity index (χ1) is 5.36. The number of hydrogen-bond donors (Lipinski definition) is 0. The van der Waals surface area contributed by atoms with E-state index in [4.69, 9.17) is 21.1 Å². The smallest absolute Gasteiger partial charge is 0.265 e. The number of ether oxygens (including phenoxy) is 2. The van der Waals surface area contributed by atoms with Gasteiger partial charge in [0.05, 0.1) is 24.9 Å². The second kappa shape index (κ2) is 2.92. The monoisotopic (exact) mass is 192 g/mol. The zero-order valence-electron chi connectivity index (χ0n) is 5.49. The minimum atomic E-state index is 0.108. The molecule has 0 unspecified atom stereocenters. The van der Waals surface area contributed by atoms with E-state index in [1.165, 1.54) is 0 Å². The van der Waals surface area contributed by atoms with Gasteiger partial charge in [-0.3, -0.25) is 0 Å². The molecule has 2 heterocycles.